The molecule has 0 bridgehead atoms. The first-order valence-electron chi connectivity index (χ1n) is 5.99. The maximum Gasteiger partial charge on any atom is 0.122 e. The van der Waals surface area contributed by atoms with Crippen molar-refractivity contribution in [3.8, 4) is 11.5 Å². The van der Waals surface area contributed by atoms with Crippen LogP contribution >= 0.6 is 11.5 Å². The monoisotopic (exact) mass is 279 g/mol. The molecular weight excluding hydrogens is 262 g/mol. The topological polar surface area (TPSA) is 70.3 Å². The van der Waals surface area contributed by atoms with E-state index >= 15 is 0 Å². The van der Waals surface area contributed by atoms with Gasteiger partial charge in [0.25, 0.3) is 0 Å². The van der Waals surface area contributed by atoms with Gasteiger partial charge in [-0.05, 0) is 35.6 Å². The largest absolute Gasteiger partial charge is 0.497 e. The Bertz CT molecular complexity index is 534. The number of nitrogens with two attached hydrogens (primary N) is 1. The van der Waals surface area contributed by atoms with E-state index in [1.807, 2.05) is 25.1 Å². The molecule has 2 N–H and O–H groups in total. The van der Waals surface area contributed by atoms with Gasteiger partial charge in [0.15, 0.2) is 0 Å². The summed E-state index contributed by atoms with van der Waals surface area (Å²) in [5, 5.41) is 4.09. The average Bonchev–Trinajstić information content (AvgIpc) is 2.94. The van der Waals surface area contributed by atoms with Crippen molar-refractivity contribution in [2.45, 2.75) is 19.4 Å². The molecule has 19 heavy (non-hydrogen) atoms. The van der Waals surface area contributed by atoms with Gasteiger partial charge >= 0.3 is 0 Å². The van der Waals surface area contributed by atoms with Crippen LogP contribution in [-0.2, 0) is 6.42 Å². The predicted octanol–water partition coefficient (Wildman–Crippen LogP) is 2.17. The van der Waals surface area contributed by atoms with Crippen LogP contribution in [0.2, 0.25) is 0 Å². The molecule has 0 fully saturated rings. The Morgan fingerprint density at radius 1 is 1.21 bits per heavy atom. The molecule has 0 aliphatic rings. The maximum atomic E-state index is 6.30. The molecule has 2 aromatic rings. The zero-order valence-corrected chi connectivity index (χ0v) is 12.0. The molecule has 1 unspecified atom stereocenters. The number of methoxy groups -OCH3 is 2. The fraction of sp³-hybridized carbons (Fsp3) is 0.385. The van der Waals surface area contributed by atoms with Crippen LogP contribution in [0.5, 0.6) is 11.5 Å². The lowest BCUT2D eigenvalue weighted by molar-refractivity contribution is 0.393. The Morgan fingerprint density at radius 3 is 2.37 bits per heavy atom. The quantitative estimate of drug-likeness (QED) is 0.908. The fourth-order valence-corrected chi connectivity index (χ4v) is 2.62. The van der Waals surface area contributed by atoms with Crippen LogP contribution in [0.15, 0.2) is 18.2 Å². The Balaban J connectivity index is 2.40. The number of hydrogen-bond acceptors (Lipinski definition) is 6. The third-order valence-electron chi connectivity index (χ3n) is 2.94. The number of ether oxygens (including phenoxy) is 2. The molecule has 1 aromatic heterocycles. The van der Waals surface area contributed by atoms with Gasteiger partial charge in [-0.15, -0.1) is 5.10 Å². The van der Waals surface area contributed by atoms with Gasteiger partial charge < -0.3 is 15.2 Å². The number of rotatable bonds is 5. The molecule has 0 aliphatic carbocycles. The van der Waals surface area contributed by atoms with Crippen molar-refractivity contribution in [1.29, 1.82) is 0 Å². The summed E-state index contributed by atoms with van der Waals surface area (Å²) in [5.74, 6) is 1.45. The zero-order chi connectivity index (χ0) is 13.8. The van der Waals surface area contributed by atoms with Crippen LogP contribution in [0, 0.1) is 0 Å². The molecule has 2 rings (SSSR count). The van der Waals surface area contributed by atoms with E-state index in [9.17, 15) is 0 Å². The Kier molecular flexibility index (Phi) is 4.34. The molecule has 0 saturated heterocycles. The molecule has 1 atom stereocenters. The lowest BCUT2D eigenvalue weighted by atomic mass is 10.0. The molecule has 0 amide bonds. The highest BCUT2D eigenvalue weighted by atomic mass is 32.1. The molecule has 0 spiro atoms. The second kappa shape index (κ2) is 5.99. The molecule has 0 radical (unpaired) electrons. The van der Waals surface area contributed by atoms with Gasteiger partial charge in [-0.2, -0.15) is 0 Å². The summed E-state index contributed by atoms with van der Waals surface area (Å²) in [7, 11) is 3.24. The zero-order valence-electron chi connectivity index (χ0n) is 11.2. The third kappa shape index (κ3) is 2.85. The summed E-state index contributed by atoms with van der Waals surface area (Å²) < 4.78 is 14.5. The number of aromatic nitrogens is 2. The van der Waals surface area contributed by atoms with Crippen molar-refractivity contribution < 1.29 is 9.47 Å². The number of hydrogen-bond donors (Lipinski definition) is 1. The molecule has 0 saturated carbocycles. The highest BCUT2D eigenvalue weighted by Crippen LogP contribution is 2.31. The van der Waals surface area contributed by atoms with Crippen LogP contribution in [0.4, 0.5) is 0 Å². The van der Waals surface area contributed by atoms with E-state index in [0.717, 1.165) is 34.1 Å². The van der Waals surface area contributed by atoms with Crippen molar-refractivity contribution in [3.63, 3.8) is 0 Å². The minimum atomic E-state index is -0.265. The molecule has 1 heterocycles. The second-order valence-electron chi connectivity index (χ2n) is 4.06. The number of nitrogens with zero attached hydrogens (tertiary/aromatic N) is 2. The minimum absolute atomic E-state index is 0.265. The molecule has 6 heteroatoms. The van der Waals surface area contributed by atoms with Crippen LogP contribution in [-0.4, -0.2) is 23.8 Å². The van der Waals surface area contributed by atoms with Gasteiger partial charge in [0.05, 0.1) is 30.8 Å². The summed E-state index contributed by atoms with van der Waals surface area (Å²) in [4.78, 5) is 0.984. The molecule has 102 valence electrons. The van der Waals surface area contributed by atoms with Gasteiger partial charge in [0.1, 0.15) is 11.5 Å². The van der Waals surface area contributed by atoms with E-state index in [4.69, 9.17) is 15.2 Å². The van der Waals surface area contributed by atoms with Gasteiger partial charge in [0.2, 0.25) is 0 Å². The first-order valence-corrected chi connectivity index (χ1v) is 6.76. The highest BCUT2D eigenvalue weighted by Gasteiger charge is 2.18. The lowest BCUT2D eigenvalue weighted by Gasteiger charge is -2.14. The van der Waals surface area contributed by atoms with Crippen molar-refractivity contribution >= 4 is 11.5 Å². The number of aryl methyl sites for hydroxylation is 1. The van der Waals surface area contributed by atoms with Crippen molar-refractivity contribution in [1.82, 2.24) is 9.59 Å². The first kappa shape index (κ1) is 13.8. The third-order valence-corrected chi connectivity index (χ3v) is 3.78. The summed E-state index contributed by atoms with van der Waals surface area (Å²) >= 11 is 1.34. The van der Waals surface area contributed by atoms with E-state index in [0.29, 0.717) is 0 Å². The Morgan fingerprint density at radius 2 is 1.84 bits per heavy atom. The second-order valence-corrected chi connectivity index (χ2v) is 4.85. The summed E-state index contributed by atoms with van der Waals surface area (Å²) in [6.07, 6.45) is 0.820. The van der Waals surface area contributed by atoms with Gasteiger partial charge in [-0.3, -0.25) is 0 Å². The molecular formula is C13H17N3O2S. The van der Waals surface area contributed by atoms with E-state index in [2.05, 4.69) is 9.59 Å². The van der Waals surface area contributed by atoms with E-state index in [-0.39, 0.29) is 6.04 Å². The molecule has 5 nitrogen and oxygen atoms in total. The maximum absolute atomic E-state index is 6.30. The van der Waals surface area contributed by atoms with Gasteiger partial charge in [-0.1, -0.05) is 11.4 Å². The fourth-order valence-electron chi connectivity index (χ4n) is 1.86. The van der Waals surface area contributed by atoms with E-state index < -0.39 is 0 Å². The van der Waals surface area contributed by atoms with Gasteiger partial charge in [0, 0.05) is 6.07 Å². The standard InChI is InChI=1S/C13H17N3O2S/c1-4-11-13(19-16-15-11)12(14)8-5-9(17-2)7-10(6-8)18-3/h5-7,12H,4,14H2,1-3H3. The minimum Gasteiger partial charge on any atom is -0.497 e. The van der Waals surface area contributed by atoms with Crippen LogP contribution in [0.3, 0.4) is 0 Å². The van der Waals surface area contributed by atoms with Gasteiger partial charge in [-0.25, -0.2) is 0 Å². The Labute approximate surface area is 116 Å². The first-order chi connectivity index (χ1) is 9.19. The summed E-state index contributed by atoms with van der Waals surface area (Å²) in [6.45, 7) is 2.04. The molecule has 0 aliphatic heterocycles. The van der Waals surface area contributed by atoms with Crippen LogP contribution in [0.1, 0.15) is 29.1 Å². The Hall–Kier alpha value is -1.66. The van der Waals surface area contributed by atoms with E-state index in [1.54, 1.807) is 14.2 Å². The van der Waals surface area contributed by atoms with Crippen LogP contribution in [0.25, 0.3) is 0 Å². The van der Waals surface area contributed by atoms with Crippen LogP contribution < -0.4 is 15.2 Å². The highest BCUT2D eigenvalue weighted by molar-refractivity contribution is 7.05. The number of benzene rings is 1. The molecule has 1 aromatic carbocycles. The van der Waals surface area contributed by atoms with Crippen molar-refractivity contribution in [2.75, 3.05) is 14.2 Å². The smallest absolute Gasteiger partial charge is 0.122 e. The normalized spacial score (nSPS) is 12.2. The summed E-state index contributed by atoms with van der Waals surface area (Å²) in [6, 6.07) is 5.37. The average molecular weight is 279 g/mol. The lowest BCUT2D eigenvalue weighted by Crippen LogP contribution is -2.12. The van der Waals surface area contributed by atoms with E-state index in [1.165, 1.54) is 11.5 Å². The predicted molar refractivity (Wildman–Crippen MR) is 74.9 cm³/mol. The van der Waals surface area contributed by atoms with Crippen molar-refractivity contribution in [2.24, 2.45) is 5.73 Å². The van der Waals surface area contributed by atoms with Crippen molar-refractivity contribution in [3.05, 3.63) is 34.3 Å². The summed E-state index contributed by atoms with van der Waals surface area (Å²) in [5.41, 5.74) is 8.18. The SMILES string of the molecule is CCc1nnsc1C(N)c1cc(OC)cc(OC)c1.